The molecule has 1 aromatic carbocycles. The molecule has 3 rings (SSSR count). The molecule has 2 amide bonds. The molecular weight excluding hydrogens is 348 g/mol. The maximum Gasteiger partial charge on any atom is 0.310 e. The molecule has 2 aromatic heterocycles. The molecule has 0 saturated carbocycles. The Bertz CT molecular complexity index is 1030. The number of rotatable bonds is 5. The number of hydrogen-bond acceptors (Lipinski definition) is 5. The standard InChI is InChI=1S/C20H20N2O5/c1-12-7-15-14(10-26-17(15)8-13(12)2)9-19(24)27-11-18(23)21-20(25)16-5-4-6-22(16)3/h4-8,10H,9,11H2,1-3H3,(H,21,23,25). The van der Waals surface area contributed by atoms with Crippen molar-refractivity contribution >= 4 is 28.8 Å². The van der Waals surface area contributed by atoms with E-state index in [-0.39, 0.29) is 6.42 Å². The SMILES string of the molecule is Cc1cc2occ(CC(=O)OCC(=O)NC(=O)c3cccn3C)c2cc1C. The van der Waals surface area contributed by atoms with Crippen molar-refractivity contribution in [1.29, 1.82) is 0 Å². The van der Waals surface area contributed by atoms with Gasteiger partial charge in [-0.2, -0.15) is 0 Å². The van der Waals surface area contributed by atoms with Crippen LogP contribution in [-0.4, -0.2) is 29.0 Å². The summed E-state index contributed by atoms with van der Waals surface area (Å²) in [6, 6.07) is 7.16. The molecule has 0 saturated heterocycles. The van der Waals surface area contributed by atoms with Crippen molar-refractivity contribution in [2.45, 2.75) is 20.3 Å². The first-order chi connectivity index (χ1) is 12.8. The quantitative estimate of drug-likeness (QED) is 0.699. The summed E-state index contributed by atoms with van der Waals surface area (Å²) >= 11 is 0. The minimum absolute atomic E-state index is 0.0193. The number of esters is 1. The molecule has 0 atom stereocenters. The Kier molecular flexibility index (Phi) is 5.12. The van der Waals surface area contributed by atoms with Crippen LogP contribution in [0.5, 0.6) is 0 Å². The molecule has 0 radical (unpaired) electrons. The fourth-order valence-corrected chi connectivity index (χ4v) is 2.75. The zero-order valence-electron chi connectivity index (χ0n) is 15.4. The lowest BCUT2D eigenvalue weighted by Crippen LogP contribution is -2.35. The van der Waals surface area contributed by atoms with Crippen molar-refractivity contribution < 1.29 is 23.5 Å². The van der Waals surface area contributed by atoms with Crippen LogP contribution in [0.3, 0.4) is 0 Å². The van der Waals surface area contributed by atoms with Gasteiger partial charge in [0.2, 0.25) is 0 Å². The van der Waals surface area contributed by atoms with E-state index in [0.29, 0.717) is 16.8 Å². The minimum atomic E-state index is -0.682. The van der Waals surface area contributed by atoms with Gasteiger partial charge in [-0.05, 0) is 49.2 Å². The summed E-state index contributed by atoms with van der Waals surface area (Å²) < 4.78 is 12.0. The topological polar surface area (TPSA) is 90.5 Å². The molecular formula is C20H20N2O5. The lowest BCUT2D eigenvalue weighted by Gasteiger charge is -2.06. The van der Waals surface area contributed by atoms with Gasteiger partial charge in [0.1, 0.15) is 11.3 Å². The Labute approximate surface area is 155 Å². The highest BCUT2D eigenvalue weighted by Gasteiger charge is 2.16. The number of ether oxygens (including phenoxy) is 1. The Morgan fingerprint density at radius 1 is 1.19 bits per heavy atom. The molecule has 140 valence electrons. The number of benzene rings is 1. The lowest BCUT2D eigenvalue weighted by molar-refractivity contribution is -0.147. The minimum Gasteiger partial charge on any atom is -0.464 e. The molecule has 0 aliphatic heterocycles. The van der Waals surface area contributed by atoms with Gasteiger partial charge in [-0.1, -0.05) is 0 Å². The van der Waals surface area contributed by atoms with Crippen molar-refractivity contribution in [3.8, 4) is 0 Å². The van der Waals surface area contributed by atoms with Gasteiger partial charge in [-0.25, -0.2) is 0 Å². The summed E-state index contributed by atoms with van der Waals surface area (Å²) in [7, 11) is 1.69. The maximum atomic E-state index is 12.0. The van der Waals surface area contributed by atoms with Crippen LogP contribution in [-0.2, 0) is 27.8 Å². The number of furan rings is 1. The van der Waals surface area contributed by atoms with Crippen LogP contribution in [0, 0.1) is 13.8 Å². The summed E-state index contributed by atoms with van der Waals surface area (Å²) in [6.07, 6.45) is 3.19. The largest absolute Gasteiger partial charge is 0.464 e. The Balaban J connectivity index is 1.55. The monoisotopic (exact) mass is 368 g/mol. The summed E-state index contributed by atoms with van der Waals surface area (Å²) in [5.74, 6) is -1.80. The second-order valence-electron chi connectivity index (χ2n) is 6.41. The average Bonchev–Trinajstić information content (AvgIpc) is 3.20. The Hall–Kier alpha value is -3.35. The number of imide groups is 1. The van der Waals surface area contributed by atoms with Crippen LogP contribution < -0.4 is 5.32 Å². The van der Waals surface area contributed by atoms with Crippen molar-refractivity contribution in [2.24, 2.45) is 7.05 Å². The molecule has 7 heteroatoms. The second kappa shape index (κ2) is 7.49. The third-order valence-electron chi connectivity index (χ3n) is 4.40. The van der Waals surface area contributed by atoms with Crippen LogP contribution in [0.15, 0.2) is 41.1 Å². The zero-order valence-corrected chi connectivity index (χ0v) is 15.4. The van der Waals surface area contributed by atoms with E-state index in [1.807, 2.05) is 26.0 Å². The zero-order chi connectivity index (χ0) is 19.6. The Morgan fingerprint density at radius 2 is 1.93 bits per heavy atom. The number of amides is 2. The second-order valence-corrected chi connectivity index (χ2v) is 6.41. The van der Waals surface area contributed by atoms with Gasteiger partial charge in [0, 0.05) is 24.2 Å². The van der Waals surface area contributed by atoms with E-state index in [4.69, 9.17) is 9.15 Å². The highest BCUT2D eigenvalue weighted by atomic mass is 16.5. The van der Waals surface area contributed by atoms with Gasteiger partial charge < -0.3 is 13.7 Å². The van der Waals surface area contributed by atoms with E-state index in [1.165, 1.54) is 6.26 Å². The molecule has 2 heterocycles. The number of aryl methyl sites for hydroxylation is 3. The molecule has 0 unspecified atom stereocenters. The van der Waals surface area contributed by atoms with Gasteiger partial charge in [0.05, 0.1) is 12.7 Å². The predicted molar refractivity (Wildman–Crippen MR) is 98.2 cm³/mol. The van der Waals surface area contributed by atoms with Crippen molar-refractivity contribution in [3.63, 3.8) is 0 Å². The number of hydrogen-bond donors (Lipinski definition) is 1. The fraction of sp³-hybridized carbons (Fsp3) is 0.250. The number of nitrogens with one attached hydrogen (secondary N) is 1. The van der Waals surface area contributed by atoms with Gasteiger partial charge in [-0.15, -0.1) is 0 Å². The van der Waals surface area contributed by atoms with Gasteiger partial charge >= 0.3 is 5.97 Å². The van der Waals surface area contributed by atoms with E-state index in [9.17, 15) is 14.4 Å². The average molecular weight is 368 g/mol. The summed E-state index contributed by atoms with van der Waals surface area (Å²) in [6.45, 7) is 3.45. The van der Waals surface area contributed by atoms with Crippen LogP contribution in [0.2, 0.25) is 0 Å². The summed E-state index contributed by atoms with van der Waals surface area (Å²) in [5, 5.41) is 3.03. The van der Waals surface area contributed by atoms with Gasteiger partial charge in [-0.3, -0.25) is 19.7 Å². The van der Waals surface area contributed by atoms with Crippen molar-refractivity contribution in [3.05, 3.63) is 59.1 Å². The van der Waals surface area contributed by atoms with Gasteiger partial charge in [0.25, 0.3) is 11.8 Å². The van der Waals surface area contributed by atoms with E-state index in [0.717, 1.165) is 16.5 Å². The van der Waals surface area contributed by atoms with Crippen LogP contribution in [0.1, 0.15) is 27.2 Å². The van der Waals surface area contributed by atoms with Crippen molar-refractivity contribution in [1.82, 2.24) is 9.88 Å². The first kappa shape index (κ1) is 18.4. The molecule has 0 bridgehead atoms. The lowest BCUT2D eigenvalue weighted by atomic mass is 10.0. The van der Waals surface area contributed by atoms with Crippen molar-refractivity contribution in [2.75, 3.05) is 6.61 Å². The fourth-order valence-electron chi connectivity index (χ4n) is 2.75. The predicted octanol–water partition coefficient (Wildman–Crippen LogP) is 2.43. The molecule has 1 N–H and O–H groups in total. The molecule has 0 spiro atoms. The van der Waals surface area contributed by atoms with E-state index >= 15 is 0 Å². The maximum absolute atomic E-state index is 12.0. The molecule has 7 nitrogen and oxygen atoms in total. The van der Waals surface area contributed by atoms with Crippen LogP contribution in [0.25, 0.3) is 11.0 Å². The first-order valence-electron chi connectivity index (χ1n) is 8.43. The highest BCUT2D eigenvalue weighted by molar-refractivity contribution is 6.04. The summed E-state index contributed by atoms with van der Waals surface area (Å²) in [5.41, 5.74) is 3.93. The van der Waals surface area contributed by atoms with Crippen LogP contribution in [0.4, 0.5) is 0 Å². The third-order valence-corrected chi connectivity index (χ3v) is 4.40. The van der Waals surface area contributed by atoms with E-state index < -0.39 is 24.4 Å². The van der Waals surface area contributed by atoms with E-state index in [1.54, 1.807) is 29.9 Å². The van der Waals surface area contributed by atoms with E-state index in [2.05, 4.69) is 5.32 Å². The normalized spacial score (nSPS) is 10.8. The Morgan fingerprint density at radius 3 is 2.63 bits per heavy atom. The smallest absolute Gasteiger partial charge is 0.310 e. The first-order valence-corrected chi connectivity index (χ1v) is 8.43. The van der Waals surface area contributed by atoms with Crippen LogP contribution >= 0.6 is 0 Å². The third kappa shape index (κ3) is 4.08. The molecule has 0 aliphatic carbocycles. The molecule has 0 fully saturated rings. The number of carbonyl (C=O) groups excluding carboxylic acids is 3. The molecule has 0 aliphatic rings. The van der Waals surface area contributed by atoms with Gasteiger partial charge in [0.15, 0.2) is 6.61 Å². The highest BCUT2D eigenvalue weighted by Crippen LogP contribution is 2.25. The summed E-state index contributed by atoms with van der Waals surface area (Å²) in [4.78, 5) is 35.8. The number of nitrogens with zero attached hydrogens (tertiary/aromatic N) is 1. The number of aromatic nitrogens is 1. The number of carbonyl (C=O) groups is 3. The number of fused-ring (bicyclic) bond motifs is 1. The molecule has 3 aromatic rings. The molecule has 27 heavy (non-hydrogen) atoms.